The van der Waals surface area contributed by atoms with E-state index in [0.29, 0.717) is 5.41 Å². The minimum absolute atomic E-state index is 0.256. The molecule has 0 aromatic carbocycles. The van der Waals surface area contributed by atoms with E-state index in [2.05, 4.69) is 26.1 Å². The molecule has 0 aromatic heterocycles. The van der Waals surface area contributed by atoms with Gasteiger partial charge in [0.25, 0.3) is 0 Å². The van der Waals surface area contributed by atoms with Crippen molar-refractivity contribution >= 4 is 5.91 Å². The predicted molar refractivity (Wildman–Crippen MR) is 66.0 cm³/mol. The minimum atomic E-state index is 0.256. The summed E-state index contributed by atoms with van der Waals surface area (Å²) in [6.45, 7) is 7.99. The Bertz CT molecular complexity index is 262. The maximum absolute atomic E-state index is 11.3. The SMILES string of the molecule is CC1CCC(C(C)C)C2(CCC(=O)NC2)C1. The van der Waals surface area contributed by atoms with Crippen molar-refractivity contribution in [3.8, 4) is 0 Å². The molecule has 1 heterocycles. The summed E-state index contributed by atoms with van der Waals surface area (Å²) >= 11 is 0. The van der Waals surface area contributed by atoms with Crippen LogP contribution in [0, 0.1) is 23.2 Å². The summed E-state index contributed by atoms with van der Waals surface area (Å²) in [6.07, 6.45) is 5.91. The summed E-state index contributed by atoms with van der Waals surface area (Å²) in [5.74, 6) is 2.66. The molecule has 2 heteroatoms. The Labute approximate surface area is 99.2 Å². The fourth-order valence-electron chi connectivity index (χ4n) is 4.06. The third-order valence-electron chi connectivity index (χ3n) is 4.80. The van der Waals surface area contributed by atoms with Crippen molar-refractivity contribution in [3.05, 3.63) is 0 Å². The topological polar surface area (TPSA) is 29.1 Å². The molecule has 1 amide bonds. The van der Waals surface area contributed by atoms with Crippen LogP contribution in [-0.2, 0) is 4.79 Å². The Morgan fingerprint density at radius 2 is 2.12 bits per heavy atom. The third kappa shape index (κ3) is 2.11. The average molecular weight is 223 g/mol. The quantitative estimate of drug-likeness (QED) is 0.727. The molecule has 1 saturated carbocycles. The zero-order chi connectivity index (χ0) is 11.8. The first-order valence-corrected chi connectivity index (χ1v) is 6.80. The molecule has 2 rings (SSSR count). The molecule has 3 atom stereocenters. The first kappa shape index (κ1) is 11.9. The Kier molecular flexibility index (Phi) is 3.27. The molecule has 3 unspecified atom stereocenters. The number of piperidine rings is 1. The smallest absolute Gasteiger partial charge is 0.220 e. The Morgan fingerprint density at radius 1 is 1.38 bits per heavy atom. The van der Waals surface area contributed by atoms with Gasteiger partial charge in [0.1, 0.15) is 0 Å². The lowest BCUT2D eigenvalue weighted by atomic mass is 9.57. The zero-order valence-electron chi connectivity index (χ0n) is 10.9. The maximum atomic E-state index is 11.3. The first-order valence-electron chi connectivity index (χ1n) is 6.80. The molecular weight excluding hydrogens is 198 g/mol. The third-order valence-corrected chi connectivity index (χ3v) is 4.80. The highest BCUT2D eigenvalue weighted by Crippen LogP contribution is 2.50. The van der Waals surface area contributed by atoms with Gasteiger partial charge in [-0.3, -0.25) is 4.79 Å². The van der Waals surface area contributed by atoms with Crippen LogP contribution in [0.25, 0.3) is 0 Å². The van der Waals surface area contributed by atoms with Gasteiger partial charge in [-0.15, -0.1) is 0 Å². The zero-order valence-corrected chi connectivity index (χ0v) is 10.9. The van der Waals surface area contributed by atoms with Gasteiger partial charge >= 0.3 is 0 Å². The van der Waals surface area contributed by atoms with Gasteiger partial charge in [0.2, 0.25) is 5.91 Å². The molecule has 92 valence electrons. The predicted octanol–water partition coefficient (Wildman–Crippen LogP) is 2.98. The number of hydrogen-bond donors (Lipinski definition) is 1. The Morgan fingerprint density at radius 3 is 2.69 bits per heavy atom. The van der Waals surface area contributed by atoms with Crippen LogP contribution in [0.15, 0.2) is 0 Å². The Hall–Kier alpha value is -0.530. The van der Waals surface area contributed by atoms with E-state index in [4.69, 9.17) is 0 Å². The van der Waals surface area contributed by atoms with Crippen LogP contribution in [0.5, 0.6) is 0 Å². The van der Waals surface area contributed by atoms with E-state index < -0.39 is 0 Å². The second kappa shape index (κ2) is 4.38. The van der Waals surface area contributed by atoms with Crippen molar-refractivity contribution in [1.82, 2.24) is 5.32 Å². The fourth-order valence-corrected chi connectivity index (χ4v) is 4.06. The van der Waals surface area contributed by atoms with E-state index >= 15 is 0 Å². The highest BCUT2D eigenvalue weighted by Gasteiger charge is 2.45. The van der Waals surface area contributed by atoms with E-state index in [1.165, 1.54) is 19.3 Å². The van der Waals surface area contributed by atoms with Crippen molar-refractivity contribution in [2.75, 3.05) is 6.54 Å². The van der Waals surface area contributed by atoms with Gasteiger partial charge in [-0.25, -0.2) is 0 Å². The van der Waals surface area contributed by atoms with Crippen molar-refractivity contribution in [2.45, 2.75) is 52.9 Å². The van der Waals surface area contributed by atoms with Crippen LogP contribution in [0.3, 0.4) is 0 Å². The summed E-state index contributed by atoms with van der Waals surface area (Å²) in [6, 6.07) is 0. The number of nitrogens with one attached hydrogen (secondary N) is 1. The molecule has 1 aliphatic carbocycles. The van der Waals surface area contributed by atoms with Crippen LogP contribution in [-0.4, -0.2) is 12.5 Å². The van der Waals surface area contributed by atoms with Crippen LogP contribution < -0.4 is 5.32 Å². The summed E-state index contributed by atoms with van der Waals surface area (Å²) in [5.41, 5.74) is 0.416. The number of carbonyl (C=O) groups excluding carboxylic acids is 1. The number of hydrogen-bond acceptors (Lipinski definition) is 1. The van der Waals surface area contributed by atoms with E-state index in [9.17, 15) is 4.79 Å². The van der Waals surface area contributed by atoms with Gasteiger partial charge in [0, 0.05) is 13.0 Å². The van der Waals surface area contributed by atoms with E-state index in [0.717, 1.165) is 37.1 Å². The molecule has 0 radical (unpaired) electrons. The highest BCUT2D eigenvalue weighted by molar-refractivity contribution is 5.76. The van der Waals surface area contributed by atoms with Crippen LogP contribution >= 0.6 is 0 Å². The molecule has 0 aromatic rings. The molecule has 2 nitrogen and oxygen atoms in total. The lowest BCUT2D eigenvalue weighted by molar-refractivity contribution is -0.127. The van der Waals surface area contributed by atoms with Crippen molar-refractivity contribution in [2.24, 2.45) is 23.2 Å². The monoisotopic (exact) mass is 223 g/mol. The van der Waals surface area contributed by atoms with Gasteiger partial charge in [-0.05, 0) is 42.4 Å². The second-order valence-electron chi connectivity index (χ2n) is 6.38. The van der Waals surface area contributed by atoms with Crippen LogP contribution in [0.2, 0.25) is 0 Å². The van der Waals surface area contributed by atoms with Crippen LogP contribution in [0.4, 0.5) is 0 Å². The number of amides is 1. The molecule has 2 aliphatic rings. The van der Waals surface area contributed by atoms with E-state index in [1.54, 1.807) is 0 Å². The van der Waals surface area contributed by atoms with Crippen molar-refractivity contribution < 1.29 is 4.79 Å². The van der Waals surface area contributed by atoms with Crippen LogP contribution in [0.1, 0.15) is 52.9 Å². The molecular formula is C14H25NO. The van der Waals surface area contributed by atoms with Gasteiger partial charge < -0.3 is 5.32 Å². The normalized spacial score (nSPS) is 40.1. The minimum Gasteiger partial charge on any atom is -0.356 e. The van der Waals surface area contributed by atoms with Gasteiger partial charge in [0.05, 0.1) is 0 Å². The van der Waals surface area contributed by atoms with Gasteiger partial charge in [-0.1, -0.05) is 27.2 Å². The fraction of sp³-hybridized carbons (Fsp3) is 0.929. The second-order valence-corrected chi connectivity index (χ2v) is 6.38. The molecule has 1 saturated heterocycles. The lowest BCUT2D eigenvalue weighted by Crippen LogP contribution is -2.51. The lowest BCUT2D eigenvalue weighted by Gasteiger charge is -2.50. The van der Waals surface area contributed by atoms with Crippen molar-refractivity contribution in [3.63, 3.8) is 0 Å². The van der Waals surface area contributed by atoms with E-state index in [-0.39, 0.29) is 5.91 Å². The number of carbonyl (C=O) groups is 1. The molecule has 1 spiro atoms. The summed E-state index contributed by atoms with van der Waals surface area (Å²) in [4.78, 5) is 11.3. The Balaban J connectivity index is 2.15. The molecule has 0 bridgehead atoms. The molecule has 16 heavy (non-hydrogen) atoms. The number of rotatable bonds is 1. The molecule has 1 N–H and O–H groups in total. The summed E-state index contributed by atoms with van der Waals surface area (Å²) in [5, 5.41) is 3.11. The molecule has 1 aliphatic heterocycles. The van der Waals surface area contributed by atoms with Crippen molar-refractivity contribution in [1.29, 1.82) is 0 Å². The van der Waals surface area contributed by atoms with E-state index in [1.807, 2.05) is 0 Å². The highest BCUT2D eigenvalue weighted by atomic mass is 16.1. The standard InChI is InChI=1S/C14H25NO/c1-10(2)12-5-4-11(3)8-14(12)7-6-13(16)15-9-14/h10-12H,4-9H2,1-3H3,(H,15,16). The van der Waals surface area contributed by atoms with Gasteiger partial charge in [-0.2, -0.15) is 0 Å². The molecule has 2 fully saturated rings. The van der Waals surface area contributed by atoms with Gasteiger partial charge in [0.15, 0.2) is 0 Å². The summed E-state index contributed by atoms with van der Waals surface area (Å²) < 4.78 is 0. The summed E-state index contributed by atoms with van der Waals surface area (Å²) in [7, 11) is 0. The maximum Gasteiger partial charge on any atom is 0.220 e. The first-order chi connectivity index (χ1) is 7.53. The average Bonchev–Trinajstić information content (AvgIpc) is 2.22. The largest absolute Gasteiger partial charge is 0.356 e.